The normalized spacial score (nSPS) is 16.8. The lowest BCUT2D eigenvalue weighted by atomic mass is 10.1. The van der Waals surface area contributed by atoms with Crippen LogP contribution in [0, 0.1) is 0 Å². The number of fused-ring (bicyclic) bond motifs is 16. The third kappa shape index (κ3) is 3.40. The molecule has 0 saturated carbocycles. The van der Waals surface area contributed by atoms with E-state index in [1.54, 1.807) is 0 Å². The van der Waals surface area contributed by atoms with Gasteiger partial charge < -0.3 is 0 Å². The van der Waals surface area contributed by atoms with Crippen LogP contribution in [0.4, 0.5) is 0 Å². The lowest BCUT2D eigenvalue weighted by Gasteiger charge is -2.01. The first-order chi connectivity index (χ1) is 19.8. The molecule has 5 aliphatic rings. The third-order valence-electron chi connectivity index (χ3n) is 7.33. The molecule has 0 N–H and O–H groups in total. The smallest absolute Gasteiger partial charge is 0.164 e. The average molecular weight is 529 g/mol. The van der Waals surface area contributed by atoms with Crippen molar-refractivity contribution < 1.29 is 0 Å². The molecule has 8 heteroatoms. The zero-order valence-corrected chi connectivity index (χ0v) is 20.8. The van der Waals surface area contributed by atoms with Crippen LogP contribution in [-0.2, 0) is 0 Å². The van der Waals surface area contributed by atoms with Crippen molar-refractivity contribution in [2.75, 3.05) is 0 Å². The van der Waals surface area contributed by atoms with Crippen molar-refractivity contribution in [3.8, 4) is 0 Å². The Morgan fingerprint density at radius 1 is 0.220 bits per heavy atom. The highest BCUT2D eigenvalue weighted by Gasteiger charge is 2.30. The van der Waals surface area contributed by atoms with E-state index in [1.165, 1.54) is 0 Å². The topological polar surface area (TPSA) is 98.9 Å². The third-order valence-corrected chi connectivity index (χ3v) is 7.33. The van der Waals surface area contributed by atoms with Gasteiger partial charge in [-0.25, -0.2) is 39.9 Å². The fourth-order valence-electron chi connectivity index (χ4n) is 5.46. The van der Waals surface area contributed by atoms with E-state index in [4.69, 9.17) is 39.9 Å². The molecule has 0 aliphatic carbocycles. The van der Waals surface area contributed by atoms with Gasteiger partial charge in [0, 0.05) is 44.5 Å². The summed E-state index contributed by atoms with van der Waals surface area (Å²) in [5.41, 5.74) is 7.15. The van der Waals surface area contributed by atoms with Crippen LogP contribution in [0.25, 0.3) is 0 Å². The van der Waals surface area contributed by atoms with Gasteiger partial charge in [0.15, 0.2) is 46.7 Å². The fraction of sp³-hybridized carbons (Fsp3) is 0.0303. The van der Waals surface area contributed by atoms with E-state index in [0.717, 1.165) is 44.5 Å². The highest BCUT2D eigenvalue weighted by atomic mass is 15.1. The molecule has 0 fully saturated rings. The number of nitrogens with zero attached hydrogens (tertiary/aromatic N) is 8. The number of hydrogen-bond acceptors (Lipinski definition) is 8. The van der Waals surface area contributed by atoms with Crippen molar-refractivity contribution >= 4 is 46.7 Å². The molecule has 4 aromatic rings. The Morgan fingerprint density at radius 3 is 0.463 bits per heavy atom. The van der Waals surface area contributed by atoms with Gasteiger partial charge in [-0.1, -0.05) is 104 Å². The molecule has 192 valence electrons. The first kappa shape index (κ1) is 23.2. The van der Waals surface area contributed by atoms with E-state index >= 15 is 0 Å². The minimum atomic E-state index is 0. The lowest BCUT2D eigenvalue weighted by molar-refractivity contribution is 1.49. The van der Waals surface area contributed by atoms with Gasteiger partial charge in [-0.3, -0.25) is 0 Å². The van der Waals surface area contributed by atoms with Crippen LogP contribution in [0.5, 0.6) is 0 Å². The van der Waals surface area contributed by atoms with Crippen LogP contribution < -0.4 is 0 Å². The number of benzene rings is 4. The molecule has 5 aliphatic heterocycles. The SMILES string of the molecule is C.c1ccc2c(c1)C1=NC2=NC2=NC(=NC3=NC(=NC4=NC(=N1)c1ccccc14)c1ccccc13)c1ccccc12. The number of amidine groups is 8. The molecule has 0 atom stereocenters. The molecule has 0 aromatic heterocycles. The fourth-order valence-corrected chi connectivity index (χ4v) is 5.46. The lowest BCUT2D eigenvalue weighted by Crippen LogP contribution is -2.02. The van der Waals surface area contributed by atoms with Crippen molar-refractivity contribution in [1.29, 1.82) is 0 Å². The molecule has 9 rings (SSSR count). The zero-order valence-electron chi connectivity index (χ0n) is 20.8. The molecule has 0 amide bonds. The van der Waals surface area contributed by atoms with Gasteiger partial charge in [-0.05, 0) is 0 Å². The molecule has 0 spiro atoms. The summed E-state index contributed by atoms with van der Waals surface area (Å²) in [6.07, 6.45) is 0. The highest BCUT2D eigenvalue weighted by molar-refractivity contribution is 6.35. The summed E-state index contributed by atoms with van der Waals surface area (Å²) < 4.78 is 0. The van der Waals surface area contributed by atoms with Gasteiger partial charge >= 0.3 is 0 Å². The molecule has 0 unspecified atom stereocenters. The highest BCUT2D eigenvalue weighted by Crippen LogP contribution is 2.29. The maximum atomic E-state index is 4.95. The van der Waals surface area contributed by atoms with Crippen molar-refractivity contribution in [3.63, 3.8) is 0 Å². The molecule has 8 bridgehead atoms. The number of aliphatic imine (C=N–C) groups is 8. The first-order valence-electron chi connectivity index (χ1n) is 12.9. The minimum absolute atomic E-state index is 0. The molecule has 0 saturated heterocycles. The van der Waals surface area contributed by atoms with Gasteiger partial charge in [0.2, 0.25) is 0 Å². The van der Waals surface area contributed by atoms with E-state index < -0.39 is 0 Å². The monoisotopic (exact) mass is 528 g/mol. The zero-order chi connectivity index (χ0) is 26.2. The maximum absolute atomic E-state index is 4.95. The molecule has 41 heavy (non-hydrogen) atoms. The summed E-state index contributed by atoms with van der Waals surface area (Å²) in [5.74, 6) is 4.42. The standard InChI is InChI=1S/C32H16N8.CH4/c1-2-10-18-17(9-1)25-33-26(18)38-28-21-13-5-6-14-22(21)30(35-28)40-32-24-16-8-7-15-23(24)31(36-32)39-29-20-12-4-3-11-19(20)27(34-29)37-25;/h1-16H;1H4. The Morgan fingerprint density at radius 2 is 0.341 bits per heavy atom. The van der Waals surface area contributed by atoms with Crippen LogP contribution in [0.3, 0.4) is 0 Å². The van der Waals surface area contributed by atoms with Crippen molar-refractivity contribution in [2.45, 2.75) is 7.43 Å². The molecule has 0 radical (unpaired) electrons. The van der Waals surface area contributed by atoms with E-state index in [1.807, 2.05) is 97.1 Å². The summed E-state index contributed by atoms with van der Waals surface area (Å²) in [6, 6.07) is 31.8. The van der Waals surface area contributed by atoms with E-state index in [-0.39, 0.29) is 7.43 Å². The summed E-state index contributed by atoms with van der Waals surface area (Å²) in [7, 11) is 0. The Hall–Kier alpha value is -5.76. The second-order valence-electron chi connectivity index (χ2n) is 9.67. The number of rotatable bonds is 0. The Bertz CT molecular complexity index is 1780. The summed E-state index contributed by atoms with van der Waals surface area (Å²) in [6.45, 7) is 0. The van der Waals surface area contributed by atoms with Crippen LogP contribution >= 0.6 is 0 Å². The van der Waals surface area contributed by atoms with Gasteiger partial charge in [0.1, 0.15) is 0 Å². The van der Waals surface area contributed by atoms with Crippen LogP contribution in [0.2, 0.25) is 0 Å². The second kappa shape index (κ2) is 8.62. The summed E-state index contributed by atoms with van der Waals surface area (Å²) >= 11 is 0. The largest absolute Gasteiger partial charge is 0.208 e. The maximum Gasteiger partial charge on any atom is 0.164 e. The van der Waals surface area contributed by atoms with Gasteiger partial charge in [-0.2, -0.15) is 0 Å². The Labute approximate surface area is 235 Å². The minimum Gasteiger partial charge on any atom is -0.208 e. The van der Waals surface area contributed by atoms with Gasteiger partial charge in [0.05, 0.1) is 0 Å². The second-order valence-corrected chi connectivity index (χ2v) is 9.67. The average Bonchev–Trinajstić information content (AvgIpc) is 3.73. The van der Waals surface area contributed by atoms with Crippen molar-refractivity contribution in [1.82, 2.24) is 0 Å². The van der Waals surface area contributed by atoms with Crippen molar-refractivity contribution in [2.24, 2.45) is 39.9 Å². The molecule has 4 aromatic carbocycles. The van der Waals surface area contributed by atoms with Gasteiger partial charge in [0.25, 0.3) is 0 Å². The molecular weight excluding hydrogens is 508 g/mol. The van der Waals surface area contributed by atoms with Crippen LogP contribution in [0.15, 0.2) is 137 Å². The van der Waals surface area contributed by atoms with E-state index in [9.17, 15) is 0 Å². The predicted molar refractivity (Wildman–Crippen MR) is 165 cm³/mol. The van der Waals surface area contributed by atoms with Crippen LogP contribution in [0.1, 0.15) is 51.9 Å². The van der Waals surface area contributed by atoms with E-state index in [0.29, 0.717) is 46.7 Å². The van der Waals surface area contributed by atoms with Crippen LogP contribution in [-0.4, -0.2) is 46.7 Å². The van der Waals surface area contributed by atoms with Gasteiger partial charge in [-0.15, -0.1) is 0 Å². The Balaban J connectivity index is 0.00000256. The molecular formula is C33H20N8. The van der Waals surface area contributed by atoms with Crippen molar-refractivity contribution in [3.05, 3.63) is 142 Å². The number of hydrogen-bond donors (Lipinski definition) is 0. The Kier molecular flexibility index (Phi) is 4.87. The summed E-state index contributed by atoms with van der Waals surface area (Å²) in [5, 5.41) is 0. The first-order valence-corrected chi connectivity index (χ1v) is 12.9. The predicted octanol–water partition coefficient (Wildman–Crippen LogP) is 5.46. The molecule has 5 heterocycles. The quantitative estimate of drug-likeness (QED) is 0.289. The molecule has 8 nitrogen and oxygen atoms in total. The van der Waals surface area contributed by atoms with E-state index in [2.05, 4.69) is 0 Å². The summed E-state index contributed by atoms with van der Waals surface area (Å²) in [4.78, 5) is 39.3.